The number of piperidine rings is 1. The van der Waals surface area contributed by atoms with Gasteiger partial charge in [0.1, 0.15) is 10.7 Å². The first kappa shape index (κ1) is 22.8. The van der Waals surface area contributed by atoms with E-state index < -0.39 is 0 Å². The van der Waals surface area contributed by atoms with Crippen LogP contribution in [-0.4, -0.2) is 47.1 Å². The molecular weight excluding hydrogens is 455 g/mol. The first-order valence-corrected chi connectivity index (χ1v) is 11.9. The number of aryl methyl sites for hydroxylation is 1. The van der Waals surface area contributed by atoms with Gasteiger partial charge in [0, 0.05) is 35.5 Å². The van der Waals surface area contributed by atoms with Crippen molar-refractivity contribution < 1.29 is 9.84 Å². The molecule has 1 spiro atoms. The molecule has 2 saturated heterocycles. The summed E-state index contributed by atoms with van der Waals surface area (Å²) in [5, 5.41) is 19.5. The lowest BCUT2D eigenvalue weighted by molar-refractivity contribution is 0.0973. The minimum Gasteiger partial charge on any atom is -0.390 e. The van der Waals surface area contributed by atoms with Gasteiger partial charge in [-0.2, -0.15) is 0 Å². The Morgan fingerprint density at radius 1 is 1.32 bits per heavy atom. The van der Waals surface area contributed by atoms with Crippen LogP contribution in [-0.2, 0) is 11.3 Å². The molecule has 0 amide bonds. The van der Waals surface area contributed by atoms with Crippen molar-refractivity contribution in [3.05, 3.63) is 39.6 Å². The van der Waals surface area contributed by atoms with Gasteiger partial charge in [0.15, 0.2) is 5.82 Å². The van der Waals surface area contributed by atoms with Crippen molar-refractivity contribution >= 4 is 47.0 Å². The number of aliphatic hydroxyl groups is 1. The molecule has 0 unspecified atom stereocenters. The summed E-state index contributed by atoms with van der Waals surface area (Å²) in [4.78, 5) is 12.5. The molecule has 0 radical (unpaired) electrons. The van der Waals surface area contributed by atoms with Gasteiger partial charge in [-0.25, -0.2) is 9.97 Å². The Labute approximate surface area is 196 Å². The van der Waals surface area contributed by atoms with Gasteiger partial charge < -0.3 is 20.2 Å². The second kappa shape index (κ2) is 9.24. The van der Waals surface area contributed by atoms with E-state index in [1.54, 1.807) is 12.3 Å². The van der Waals surface area contributed by atoms with Crippen molar-refractivity contribution in [2.75, 3.05) is 24.6 Å². The van der Waals surface area contributed by atoms with E-state index in [9.17, 15) is 5.11 Å². The smallest absolute Gasteiger partial charge is 0.153 e. The summed E-state index contributed by atoms with van der Waals surface area (Å²) < 4.78 is 5.88. The van der Waals surface area contributed by atoms with Crippen molar-refractivity contribution in [3.63, 3.8) is 0 Å². The number of hydrogen-bond donors (Lipinski definition) is 2. The van der Waals surface area contributed by atoms with Crippen molar-refractivity contribution in [2.24, 2.45) is 11.3 Å². The molecule has 2 aromatic rings. The molecule has 1 aromatic heterocycles. The molecule has 2 aliphatic heterocycles. The fourth-order valence-electron chi connectivity index (χ4n) is 4.60. The molecule has 0 aliphatic carbocycles. The first-order valence-electron chi connectivity index (χ1n) is 10.4. The summed E-state index contributed by atoms with van der Waals surface area (Å²) >= 11 is 13.9. The zero-order valence-electron chi connectivity index (χ0n) is 17.6. The third-order valence-corrected chi connectivity index (χ3v) is 8.51. The molecule has 0 bridgehead atoms. The van der Waals surface area contributed by atoms with E-state index in [0.29, 0.717) is 27.4 Å². The van der Waals surface area contributed by atoms with Crippen LogP contribution in [0.25, 0.3) is 0 Å². The number of rotatable bonds is 5. The molecule has 3 heterocycles. The lowest BCUT2D eigenvalue weighted by atomic mass is 9.69. The van der Waals surface area contributed by atoms with Crippen LogP contribution in [0.4, 0.5) is 5.82 Å². The third-order valence-electron chi connectivity index (χ3n) is 6.44. The molecule has 9 heteroatoms. The lowest BCUT2D eigenvalue weighted by Gasteiger charge is -2.42. The maximum Gasteiger partial charge on any atom is 0.153 e. The highest BCUT2D eigenvalue weighted by Gasteiger charge is 2.48. The van der Waals surface area contributed by atoms with Crippen LogP contribution in [0.5, 0.6) is 0 Å². The topological polar surface area (TPSA) is 82.3 Å². The predicted molar refractivity (Wildman–Crippen MR) is 125 cm³/mol. The zero-order chi connectivity index (χ0) is 22.2. The van der Waals surface area contributed by atoms with E-state index in [4.69, 9.17) is 43.3 Å². The van der Waals surface area contributed by atoms with E-state index >= 15 is 0 Å². The summed E-state index contributed by atoms with van der Waals surface area (Å²) in [7, 11) is 0. The molecule has 31 heavy (non-hydrogen) atoms. The van der Waals surface area contributed by atoms with Crippen LogP contribution in [0, 0.1) is 23.7 Å². The maximum atomic E-state index is 10.0. The number of benzene rings is 1. The normalized spacial score (nSPS) is 22.8. The molecule has 6 nitrogen and oxygen atoms in total. The van der Waals surface area contributed by atoms with Crippen LogP contribution in [0.3, 0.4) is 0 Å². The molecule has 0 saturated carbocycles. The Morgan fingerprint density at radius 2 is 2.06 bits per heavy atom. The van der Waals surface area contributed by atoms with Crippen LogP contribution in [0.2, 0.25) is 10.0 Å². The van der Waals surface area contributed by atoms with Crippen molar-refractivity contribution in [1.29, 1.82) is 5.41 Å². The van der Waals surface area contributed by atoms with Gasteiger partial charge >= 0.3 is 0 Å². The number of nitrogens with one attached hydrogen (secondary N) is 1. The average molecular weight is 481 g/mol. The molecular formula is C22H26Cl2N4O2S. The zero-order valence-corrected chi connectivity index (χ0v) is 19.9. The Hall–Kier alpha value is -1.38. The van der Waals surface area contributed by atoms with Gasteiger partial charge in [-0.05, 0) is 38.8 Å². The standard InChI is InChI=1S/C22H26Cl2N4O2S/c1-13-21(31-18-5-3-4-16(23)19(18)24)27-17(11-29)20(26-13)28-8-6-22(7-9-28)12-30-14(2)15(22)10-25/h3-5,10,14-15,25,29H,6-9,11-12H2,1-2H3/t14-,15+/m0/s1. The molecule has 1 aromatic carbocycles. The maximum absolute atomic E-state index is 10.0. The number of aromatic nitrogens is 2. The molecule has 2 aliphatic rings. The molecule has 2 N–H and O–H groups in total. The first-order chi connectivity index (χ1) is 14.9. The second-order valence-electron chi connectivity index (χ2n) is 8.25. The fourth-order valence-corrected chi connectivity index (χ4v) is 5.97. The highest BCUT2D eigenvalue weighted by Crippen LogP contribution is 2.46. The number of hydrogen-bond acceptors (Lipinski definition) is 7. The SMILES string of the molecule is Cc1nc(N2CCC3(CC2)CO[C@@H](C)[C@H]3C=N)c(CO)nc1Sc1cccc(Cl)c1Cl. The fraction of sp³-hybridized carbons (Fsp3) is 0.500. The van der Waals surface area contributed by atoms with Gasteiger partial charge in [-0.15, -0.1) is 0 Å². The molecule has 2 fully saturated rings. The number of nitrogens with zero attached hydrogens (tertiary/aromatic N) is 3. The summed E-state index contributed by atoms with van der Waals surface area (Å²) in [5.74, 6) is 0.885. The number of anilines is 1. The second-order valence-corrected chi connectivity index (χ2v) is 10.1. The van der Waals surface area contributed by atoms with E-state index in [-0.39, 0.29) is 24.0 Å². The Morgan fingerprint density at radius 3 is 2.74 bits per heavy atom. The minimum atomic E-state index is -0.190. The molecule has 4 rings (SSSR count). The summed E-state index contributed by atoms with van der Waals surface area (Å²) in [6.07, 6.45) is 3.51. The Balaban J connectivity index is 1.55. The minimum absolute atomic E-state index is 0.0264. The Kier molecular flexibility index (Phi) is 6.79. The van der Waals surface area contributed by atoms with Crippen LogP contribution >= 0.6 is 35.0 Å². The Bertz CT molecular complexity index is 982. The van der Waals surface area contributed by atoms with Gasteiger partial charge in [0.25, 0.3) is 0 Å². The predicted octanol–water partition coefficient (Wildman–Crippen LogP) is 5.01. The lowest BCUT2D eigenvalue weighted by Crippen LogP contribution is -2.45. The van der Waals surface area contributed by atoms with Crippen LogP contribution in [0.1, 0.15) is 31.2 Å². The molecule has 166 valence electrons. The number of ether oxygens (including phenoxy) is 1. The quantitative estimate of drug-likeness (QED) is 0.585. The average Bonchev–Trinajstić information content (AvgIpc) is 3.07. The van der Waals surface area contributed by atoms with Gasteiger partial charge in [-0.3, -0.25) is 0 Å². The number of halogens is 2. The summed E-state index contributed by atoms with van der Waals surface area (Å²) in [6, 6.07) is 5.48. The summed E-state index contributed by atoms with van der Waals surface area (Å²) in [6.45, 7) is 6.09. The highest BCUT2D eigenvalue weighted by atomic mass is 35.5. The van der Waals surface area contributed by atoms with Crippen molar-refractivity contribution in [1.82, 2.24) is 9.97 Å². The van der Waals surface area contributed by atoms with E-state index in [1.807, 2.05) is 19.1 Å². The van der Waals surface area contributed by atoms with E-state index in [1.165, 1.54) is 11.8 Å². The van der Waals surface area contributed by atoms with Crippen molar-refractivity contribution in [3.8, 4) is 0 Å². The van der Waals surface area contributed by atoms with Crippen LogP contribution < -0.4 is 4.90 Å². The number of aliphatic hydroxyl groups excluding tert-OH is 1. The van der Waals surface area contributed by atoms with Crippen LogP contribution in [0.15, 0.2) is 28.1 Å². The van der Waals surface area contributed by atoms with E-state index in [0.717, 1.165) is 42.3 Å². The third kappa shape index (κ3) is 4.31. The summed E-state index contributed by atoms with van der Waals surface area (Å²) in [5.41, 5.74) is 1.36. The largest absolute Gasteiger partial charge is 0.390 e. The van der Waals surface area contributed by atoms with Gasteiger partial charge in [-0.1, -0.05) is 41.0 Å². The van der Waals surface area contributed by atoms with Crippen molar-refractivity contribution in [2.45, 2.75) is 49.3 Å². The highest BCUT2D eigenvalue weighted by molar-refractivity contribution is 7.99. The van der Waals surface area contributed by atoms with Gasteiger partial charge in [0.2, 0.25) is 0 Å². The monoisotopic (exact) mass is 480 g/mol. The molecule has 2 atom stereocenters. The van der Waals surface area contributed by atoms with E-state index in [2.05, 4.69) is 11.8 Å². The van der Waals surface area contributed by atoms with Gasteiger partial charge in [0.05, 0.1) is 35.1 Å².